The van der Waals surface area contributed by atoms with Crippen molar-refractivity contribution in [1.29, 1.82) is 0 Å². The van der Waals surface area contributed by atoms with Gasteiger partial charge in [-0.2, -0.15) is 0 Å². The van der Waals surface area contributed by atoms with E-state index in [9.17, 15) is 9.59 Å². The van der Waals surface area contributed by atoms with E-state index in [0.29, 0.717) is 12.3 Å². The van der Waals surface area contributed by atoms with Crippen molar-refractivity contribution in [1.82, 2.24) is 5.32 Å². The smallest absolute Gasteiger partial charge is 0.428 e. The summed E-state index contributed by atoms with van der Waals surface area (Å²) < 4.78 is 9.49. The second-order valence-corrected chi connectivity index (χ2v) is 5.92. The maximum atomic E-state index is 11.6. The molecular weight excluding hydrogens is 248 g/mol. The Kier molecular flexibility index (Phi) is 5.75. The van der Waals surface area contributed by atoms with Crippen LogP contribution in [0.15, 0.2) is 0 Å². The molecule has 0 bridgehead atoms. The molecule has 6 heteroatoms. The van der Waals surface area contributed by atoms with Gasteiger partial charge in [0.05, 0.1) is 0 Å². The topological polar surface area (TPSA) is 90.7 Å². The summed E-state index contributed by atoms with van der Waals surface area (Å²) >= 11 is 0. The van der Waals surface area contributed by atoms with Gasteiger partial charge in [-0.1, -0.05) is 0 Å². The van der Waals surface area contributed by atoms with Crippen molar-refractivity contribution < 1.29 is 19.1 Å². The summed E-state index contributed by atoms with van der Waals surface area (Å²) in [6.45, 7) is 6.99. The highest BCUT2D eigenvalue weighted by Crippen LogP contribution is 2.18. The molecule has 1 saturated heterocycles. The minimum absolute atomic E-state index is 0.405. The predicted octanol–water partition coefficient (Wildman–Crippen LogP) is 1.18. The maximum absolute atomic E-state index is 11.6. The highest BCUT2D eigenvalue weighted by molar-refractivity contribution is 5.85. The molecule has 0 aromatic carbocycles. The van der Waals surface area contributed by atoms with E-state index < -0.39 is 23.8 Å². The molecule has 1 fully saturated rings. The van der Waals surface area contributed by atoms with Crippen LogP contribution in [0, 0.1) is 5.92 Å². The van der Waals surface area contributed by atoms with Gasteiger partial charge in [-0.05, 0) is 59.0 Å². The average Bonchev–Trinajstić information content (AvgIpc) is 2.27. The molecule has 0 aliphatic carbocycles. The van der Waals surface area contributed by atoms with E-state index in [1.54, 1.807) is 20.8 Å². The van der Waals surface area contributed by atoms with Crippen LogP contribution in [0.5, 0.6) is 0 Å². The number of hydrogen-bond donors (Lipinski definition) is 2. The van der Waals surface area contributed by atoms with E-state index in [0.717, 1.165) is 25.9 Å². The number of hydrogen-bond acceptors (Lipinski definition) is 6. The van der Waals surface area contributed by atoms with E-state index in [4.69, 9.17) is 10.5 Å². The number of nitrogens with one attached hydrogen (secondary N) is 1. The van der Waals surface area contributed by atoms with Gasteiger partial charge in [-0.3, -0.25) is 0 Å². The van der Waals surface area contributed by atoms with Crippen molar-refractivity contribution in [3.05, 3.63) is 0 Å². The van der Waals surface area contributed by atoms with Crippen LogP contribution in [0.1, 0.15) is 40.0 Å². The average molecular weight is 272 g/mol. The molecule has 110 valence electrons. The van der Waals surface area contributed by atoms with Crippen molar-refractivity contribution >= 4 is 12.1 Å². The first-order valence-corrected chi connectivity index (χ1v) is 6.69. The Labute approximate surface area is 114 Å². The molecule has 1 heterocycles. The standard InChI is InChI=1S/C13H24N2O4/c1-13(2,3)19-12(17)18-11(16)10(14)8-9-4-6-15-7-5-9/h9-10,15H,4-8,14H2,1-3H3/t10-/m1/s1. The third-order valence-corrected chi connectivity index (χ3v) is 2.92. The first-order valence-electron chi connectivity index (χ1n) is 6.69. The molecule has 0 unspecified atom stereocenters. The van der Waals surface area contributed by atoms with Crippen LogP contribution >= 0.6 is 0 Å². The van der Waals surface area contributed by atoms with Gasteiger partial charge in [0.25, 0.3) is 0 Å². The van der Waals surface area contributed by atoms with Crippen molar-refractivity contribution in [2.75, 3.05) is 13.1 Å². The molecule has 0 amide bonds. The Bertz CT molecular complexity index is 319. The Morgan fingerprint density at radius 2 is 1.89 bits per heavy atom. The molecule has 1 atom stereocenters. The summed E-state index contributed by atoms with van der Waals surface area (Å²) in [4.78, 5) is 23.0. The molecule has 1 rings (SSSR count). The summed E-state index contributed by atoms with van der Waals surface area (Å²) in [5, 5.41) is 3.24. The van der Waals surface area contributed by atoms with Gasteiger partial charge in [0, 0.05) is 0 Å². The third kappa shape index (κ3) is 6.54. The lowest BCUT2D eigenvalue weighted by molar-refractivity contribution is -0.143. The van der Waals surface area contributed by atoms with Crippen molar-refractivity contribution in [3.63, 3.8) is 0 Å². The van der Waals surface area contributed by atoms with Crippen LogP contribution in [-0.4, -0.2) is 36.9 Å². The molecule has 19 heavy (non-hydrogen) atoms. The number of esters is 1. The largest absolute Gasteiger partial charge is 0.516 e. The van der Waals surface area contributed by atoms with Crippen LogP contribution in [-0.2, 0) is 14.3 Å². The molecule has 0 aromatic rings. The maximum Gasteiger partial charge on any atom is 0.516 e. The molecule has 6 nitrogen and oxygen atoms in total. The zero-order valence-electron chi connectivity index (χ0n) is 11.9. The van der Waals surface area contributed by atoms with E-state index >= 15 is 0 Å². The number of piperidine rings is 1. The van der Waals surface area contributed by atoms with E-state index in [1.807, 2.05) is 0 Å². The van der Waals surface area contributed by atoms with Crippen LogP contribution in [0.25, 0.3) is 0 Å². The molecule has 3 N–H and O–H groups in total. The van der Waals surface area contributed by atoms with Crippen LogP contribution < -0.4 is 11.1 Å². The highest BCUT2D eigenvalue weighted by Gasteiger charge is 2.26. The van der Waals surface area contributed by atoms with Crippen LogP contribution in [0.2, 0.25) is 0 Å². The molecule has 0 aromatic heterocycles. The van der Waals surface area contributed by atoms with Crippen molar-refractivity contribution in [3.8, 4) is 0 Å². The van der Waals surface area contributed by atoms with Crippen molar-refractivity contribution in [2.45, 2.75) is 51.7 Å². The fourth-order valence-corrected chi connectivity index (χ4v) is 2.00. The van der Waals surface area contributed by atoms with E-state index in [1.165, 1.54) is 0 Å². The number of ether oxygens (including phenoxy) is 2. The fourth-order valence-electron chi connectivity index (χ4n) is 2.00. The zero-order chi connectivity index (χ0) is 14.5. The van der Waals surface area contributed by atoms with Gasteiger partial charge in [-0.15, -0.1) is 0 Å². The molecule has 0 spiro atoms. The highest BCUT2D eigenvalue weighted by atomic mass is 16.7. The lowest BCUT2D eigenvalue weighted by Crippen LogP contribution is -2.39. The quantitative estimate of drug-likeness (QED) is 0.592. The number of carbonyl (C=O) groups is 2. The predicted molar refractivity (Wildman–Crippen MR) is 70.5 cm³/mol. The second-order valence-electron chi connectivity index (χ2n) is 5.92. The number of nitrogens with two attached hydrogens (primary N) is 1. The molecule has 0 radical (unpaired) electrons. The van der Waals surface area contributed by atoms with Crippen LogP contribution in [0.4, 0.5) is 4.79 Å². The van der Waals surface area contributed by atoms with E-state index in [2.05, 4.69) is 10.1 Å². The first kappa shape index (κ1) is 15.9. The Balaban J connectivity index is 2.33. The Hall–Kier alpha value is -1.14. The minimum Gasteiger partial charge on any atom is -0.428 e. The van der Waals surface area contributed by atoms with Gasteiger partial charge in [-0.25, -0.2) is 9.59 Å². The minimum atomic E-state index is -0.988. The third-order valence-electron chi connectivity index (χ3n) is 2.92. The summed E-state index contributed by atoms with van der Waals surface area (Å²) in [6.07, 6.45) is 1.54. The van der Waals surface area contributed by atoms with Crippen molar-refractivity contribution in [2.24, 2.45) is 11.7 Å². The number of rotatable bonds is 3. The van der Waals surface area contributed by atoms with Crippen LogP contribution in [0.3, 0.4) is 0 Å². The zero-order valence-corrected chi connectivity index (χ0v) is 11.9. The van der Waals surface area contributed by atoms with Gasteiger partial charge < -0.3 is 20.5 Å². The molecule has 1 aliphatic rings. The fraction of sp³-hybridized carbons (Fsp3) is 0.846. The summed E-state index contributed by atoms with van der Waals surface area (Å²) in [7, 11) is 0. The lowest BCUT2D eigenvalue weighted by atomic mass is 9.91. The van der Waals surface area contributed by atoms with Gasteiger partial charge in [0.15, 0.2) is 0 Å². The molecule has 0 saturated carbocycles. The second kappa shape index (κ2) is 6.86. The Morgan fingerprint density at radius 1 is 1.32 bits per heavy atom. The molecular formula is C13H24N2O4. The summed E-state index contributed by atoms with van der Waals surface area (Å²) in [6, 6.07) is -0.768. The van der Waals surface area contributed by atoms with E-state index in [-0.39, 0.29) is 0 Å². The Morgan fingerprint density at radius 3 is 2.42 bits per heavy atom. The summed E-state index contributed by atoms with van der Waals surface area (Å²) in [5.41, 5.74) is 5.07. The first-order chi connectivity index (χ1) is 8.78. The number of carbonyl (C=O) groups excluding carboxylic acids is 2. The monoisotopic (exact) mass is 272 g/mol. The molecule has 1 aliphatic heterocycles. The van der Waals surface area contributed by atoms with Gasteiger partial charge in [0.2, 0.25) is 0 Å². The lowest BCUT2D eigenvalue weighted by Gasteiger charge is -2.24. The normalized spacial score (nSPS) is 18.7. The summed E-state index contributed by atoms with van der Waals surface area (Å²) in [5.74, 6) is -0.310. The SMILES string of the molecule is CC(C)(C)OC(=O)OC(=O)[C@H](N)CC1CCNCC1. The van der Waals surface area contributed by atoms with Gasteiger partial charge in [0.1, 0.15) is 11.6 Å². The van der Waals surface area contributed by atoms with Gasteiger partial charge >= 0.3 is 12.1 Å².